The summed E-state index contributed by atoms with van der Waals surface area (Å²) in [6.45, 7) is 22.1. The number of aryl methyl sites for hydroxylation is 1. The largest absolute Gasteiger partial charge is 0.299 e. The number of ketones is 1. The first-order valence-corrected chi connectivity index (χ1v) is 14.8. The van der Waals surface area contributed by atoms with Crippen LogP contribution in [-0.4, -0.2) is 65.3 Å². The van der Waals surface area contributed by atoms with Crippen molar-refractivity contribution in [3.05, 3.63) is 52.9 Å². The maximum absolute atomic E-state index is 13.3. The minimum atomic E-state index is -0.265. The summed E-state index contributed by atoms with van der Waals surface area (Å²) in [5, 5.41) is 0. The second-order valence-electron chi connectivity index (χ2n) is 11.4. The molecule has 2 unspecified atom stereocenters. The summed E-state index contributed by atoms with van der Waals surface area (Å²) in [7, 11) is 2.11. The molecule has 1 saturated carbocycles. The summed E-state index contributed by atoms with van der Waals surface area (Å²) in [5.74, 6) is 0.841. The van der Waals surface area contributed by atoms with Crippen LogP contribution in [0.15, 0.2) is 41.6 Å². The smallest absolute Gasteiger partial charge is 0.237 e. The average Bonchev–Trinajstić information content (AvgIpc) is 3.28. The first-order chi connectivity index (χ1) is 18.0. The van der Waals surface area contributed by atoms with E-state index in [0.717, 1.165) is 55.7 Å². The van der Waals surface area contributed by atoms with E-state index in [1.54, 1.807) is 0 Å². The molecule has 0 spiro atoms. The van der Waals surface area contributed by atoms with E-state index in [2.05, 4.69) is 76.6 Å². The second kappa shape index (κ2) is 14.2. The van der Waals surface area contributed by atoms with E-state index < -0.39 is 0 Å². The normalized spacial score (nSPS) is 26.1. The number of allylic oxidation sites excluding steroid dienone is 2. The lowest BCUT2D eigenvalue weighted by Crippen LogP contribution is -2.45. The third kappa shape index (κ3) is 7.24. The molecule has 0 aromatic carbocycles. The van der Waals surface area contributed by atoms with Gasteiger partial charge in [-0.2, -0.15) is 0 Å². The molecule has 212 valence electrons. The predicted molar refractivity (Wildman–Crippen MR) is 162 cm³/mol. The van der Waals surface area contributed by atoms with Crippen molar-refractivity contribution in [1.82, 2.24) is 14.4 Å². The maximum atomic E-state index is 13.3. The van der Waals surface area contributed by atoms with Gasteiger partial charge in [-0.1, -0.05) is 59.8 Å². The molecule has 1 aromatic rings. The zero-order valence-corrected chi connectivity index (χ0v) is 25.8. The number of nitrogens with zero attached hydrogens (tertiary/aromatic N) is 3. The van der Waals surface area contributed by atoms with E-state index in [9.17, 15) is 9.59 Å². The fourth-order valence-corrected chi connectivity index (χ4v) is 5.54. The number of aromatic nitrogens is 1. The molecule has 0 saturated heterocycles. The Morgan fingerprint density at radius 3 is 2.45 bits per heavy atom. The highest BCUT2D eigenvalue weighted by atomic mass is 16.2. The van der Waals surface area contributed by atoms with Crippen LogP contribution in [0, 0.1) is 24.2 Å². The number of likely N-dealkylation sites (N-methyl/N-ethyl adjacent to an activating group) is 2. The lowest BCUT2D eigenvalue weighted by atomic mass is 9.61. The monoisotopic (exact) mass is 523 g/mol. The highest BCUT2D eigenvalue weighted by Gasteiger charge is 2.46. The molecule has 0 radical (unpaired) electrons. The molecule has 2 heterocycles. The molecule has 5 nitrogen and oxygen atoms in total. The van der Waals surface area contributed by atoms with Crippen molar-refractivity contribution in [2.45, 2.75) is 87.6 Å². The molecule has 5 heteroatoms. The molecular weight excluding hydrogens is 470 g/mol. The quantitative estimate of drug-likeness (QED) is 0.309. The van der Waals surface area contributed by atoms with Gasteiger partial charge in [0.1, 0.15) is 0 Å². The summed E-state index contributed by atoms with van der Waals surface area (Å²) in [4.78, 5) is 31.0. The van der Waals surface area contributed by atoms with E-state index in [0.29, 0.717) is 18.2 Å². The fraction of sp³-hybridized carbons (Fsp3) is 0.636. The third-order valence-electron chi connectivity index (χ3n) is 8.70. The zero-order chi connectivity index (χ0) is 28.6. The van der Waals surface area contributed by atoms with Gasteiger partial charge in [0.05, 0.1) is 12.5 Å². The molecule has 1 aliphatic carbocycles. The lowest BCUT2D eigenvalue weighted by Gasteiger charge is -2.43. The number of rotatable bonds is 10. The van der Waals surface area contributed by atoms with Crippen molar-refractivity contribution in [2.75, 3.05) is 33.2 Å². The van der Waals surface area contributed by atoms with Gasteiger partial charge in [0.2, 0.25) is 5.91 Å². The average molecular weight is 524 g/mol. The summed E-state index contributed by atoms with van der Waals surface area (Å²) in [5.41, 5.74) is 4.12. The minimum Gasteiger partial charge on any atom is -0.299 e. The highest BCUT2D eigenvalue weighted by Crippen LogP contribution is 2.47. The van der Waals surface area contributed by atoms with Gasteiger partial charge in [-0.15, -0.1) is 0 Å². The van der Waals surface area contributed by atoms with Gasteiger partial charge in [0.25, 0.3) is 0 Å². The van der Waals surface area contributed by atoms with Crippen LogP contribution in [0.4, 0.5) is 0 Å². The molecule has 38 heavy (non-hydrogen) atoms. The van der Waals surface area contributed by atoms with E-state index >= 15 is 0 Å². The van der Waals surface area contributed by atoms with Crippen LogP contribution in [0.5, 0.6) is 0 Å². The van der Waals surface area contributed by atoms with Gasteiger partial charge >= 0.3 is 0 Å². The topological polar surface area (TPSA) is 45.6 Å². The SMILES string of the molecule is CC.CCCN(CC)CC(=O)[C@@H]1C=C(/C(C)=C/C=C\c2cc(C)cn2C(=O)C2(C)CCC2C)[C@@H](C)N(C)C1. The minimum absolute atomic E-state index is 0.0813. The van der Waals surface area contributed by atoms with Gasteiger partial charge in [0, 0.05) is 29.9 Å². The molecule has 3 rings (SSSR count). The Kier molecular flexibility index (Phi) is 12.0. The summed E-state index contributed by atoms with van der Waals surface area (Å²) in [6.07, 6.45) is 13.5. The summed E-state index contributed by atoms with van der Waals surface area (Å²) >= 11 is 0. The Morgan fingerprint density at radius 1 is 1.21 bits per heavy atom. The van der Waals surface area contributed by atoms with Gasteiger partial charge in [-0.3, -0.25) is 24.0 Å². The van der Waals surface area contributed by atoms with Crippen molar-refractivity contribution >= 4 is 17.8 Å². The molecule has 4 atom stereocenters. The number of Topliss-reactive ketones (excluding diaryl/α,β-unsaturated/α-hetero) is 1. The fourth-order valence-electron chi connectivity index (χ4n) is 5.54. The van der Waals surface area contributed by atoms with Crippen LogP contribution in [0.25, 0.3) is 6.08 Å². The summed E-state index contributed by atoms with van der Waals surface area (Å²) < 4.78 is 1.84. The summed E-state index contributed by atoms with van der Waals surface area (Å²) in [6, 6.07) is 2.33. The molecule has 1 aromatic heterocycles. The number of hydrogen-bond acceptors (Lipinski definition) is 4. The molecule has 1 aliphatic heterocycles. The molecule has 0 bridgehead atoms. The van der Waals surface area contributed by atoms with E-state index in [4.69, 9.17) is 0 Å². The molecule has 0 N–H and O–H groups in total. The molecule has 0 amide bonds. The Labute approximate surface area is 232 Å². The molecular formula is C33H53N3O2. The van der Waals surface area contributed by atoms with Gasteiger partial charge in [0.15, 0.2) is 5.78 Å². The standard InChI is InChI=1S/C31H47N3O2.C2H6/c1-9-16-33(10-2)21-29(35)26-18-28(25(6)32(8)20-26)23(4)12-11-13-27-17-22(3)19-34(27)30(36)31(7)15-14-24(31)5;1-2/h11-13,17-19,24-26H,9-10,14-16,20-21H2,1-8H3;1-2H3/b13-11-,23-12+;/t24?,25-,26-,31?;/m1./s1. The highest BCUT2D eigenvalue weighted by molar-refractivity contribution is 5.88. The molecule has 2 aliphatic rings. The first-order valence-electron chi connectivity index (χ1n) is 14.8. The number of hydrogen-bond donors (Lipinski definition) is 0. The van der Waals surface area contributed by atoms with Gasteiger partial charge in [-0.05, 0) is 94.9 Å². The van der Waals surface area contributed by atoms with Crippen LogP contribution in [-0.2, 0) is 4.79 Å². The lowest BCUT2D eigenvalue weighted by molar-refractivity contribution is -0.123. The maximum Gasteiger partial charge on any atom is 0.237 e. The van der Waals surface area contributed by atoms with Crippen molar-refractivity contribution in [2.24, 2.45) is 17.3 Å². The Hall–Kier alpha value is -2.24. The predicted octanol–water partition coefficient (Wildman–Crippen LogP) is 7.04. The Bertz CT molecular complexity index is 1050. The van der Waals surface area contributed by atoms with Crippen molar-refractivity contribution in [1.29, 1.82) is 0 Å². The van der Waals surface area contributed by atoms with Crippen molar-refractivity contribution in [3.63, 3.8) is 0 Å². The Balaban J connectivity index is 0.00000247. The number of carbonyl (C=O) groups excluding carboxylic acids is 2. The van der Waals surface area contributed by atoms with E-state index in [1.807, 2.05) is 43.7 Å². The zero-order valence-electron chi connectivity index (χ0n) is 25.8. The van der Waals surface area contributed by atoms with Gasteiger partial charge in [-0.25, -0.2) is 0 Å². The van der Waals surface area contributed by atoms with Crippen molar-refractivity contribution < 1.29 is 9.59 Å². The van der Waals surface area contributed by atoms with Crippen LogP contribution in [0.2, 0.25) is 0 Å². The molecule has 1 fully saturated rings. The van der Waals surface area contributed by atoms with Crippen LogP contribution >= 0.6 is 0 Å². The van der Waals surface area contributed by atoms with Crippen LogP contribution in [0.3, 0.4) is 0 Å². The van der Waals surface area contributed by atoms with Crippen LogP contribution < -0.4 is 0 Å². The second-order valence-corrected chi connectivity index (χ2v) is 11.4. The van der Waals surface area contributed by atoms with E-state index in [1.165, 1.54) is 5.57 Å². The van der Waals surface area contributed by atoms with Crippen molar-refractivity contribution in [3.8, 4) is 0 Å². The Morgan fingerprint density at radius 2 is 1.89 bits per heavy atom. The van der Waals surface area contributed by atoms with Crippen LogP contribution in [0.1, 0.15) is 90.7 Å². The first kappa shape index (κ1) is 32.0. The third-order valence-corrected chi connectivity index (χ3v) is 8.70. The number of carbonyl (C=O) groups is 2. The van der Waals surface area contributed by atoms with Gasteiger partial charge < -0.3 is 0 Å². The van der Waals surface area contributed by atoms with E-state index in [-0.39, 0.29) is 23.3 Å².